The Morgan fingerprint density at radius 3 is 2.83 bits per heavy atom. The number of nitrogens with one attached hydrogen (secondary N) is 1. The summed E-state index contributed by atoms with van der Waals surface area (Å²) in [5.41, 5.74) is 2.89. The standard InChI is InChI=1S/C17H22N2O4/c1-11-17(12(2)23-19-11)18-9-13-4-5-15(20-3)16(8-13)22-14-6-7-21-10-14/h4-5,8,14,18H,6-7,9-10H2,1-3H3. The van der Waals surface area contributed by atoms with Crippen molar-refractivity contribution in [2.45, 2.75) is 32.9 Å². The second-order valence-electron chi connectivity index (χ2n) is 5.64. The number of aryl methyl sites for hydroxylation is 2. The smallest absolute Gasteiger partial charge is 0.162 e. The summed E-state index contributed by atoms with van der Waals surface area (Å²) in [7, 11) is 1.65. The number of nitrogens with zero attached hydrogens (tertiary/aromatic N) is 1. The molecule has 0 bridgehead atoms. The van der Waals surface area contributed by atoms with Crippen molar-refractivity contribution >= 4 is 5.69 Å². The minimum absolute atomic E-state index is 0.0923. The average molecular weight is 318 g/mol. The van der Waals surface area contributed by atoms with Gasteiger partial charge in [0.1, 0.15) is 17.5 Å². The fourth-order valence-corrected chi connectivity index (χ4v) is 2.63. The number of rotatable bonds is 6. The van der Waals surface area contributed by atoms with Crippen LogP contribution in [0.1, 0.15) is 23.4 Å². The van der Waals surface area contributed by atoms with Crippen LogP contribution in [-0.2, 0) is 11.3 Å². The maximum absolute atomic E-state index is 6.01. The zero-order chi connectivity index (χ0) is 16.2. The van der Waals surface area contributed by atoms with Crippen LogP contribution in [0.3, 0.4) is 0 Å². The molecule has 1 fully saturated rings. The molecule has 0 aliphatic carbocycles. The molecule has 0 amide bonds. The first-order chi connectivity index (χ1) is 11.2. The second-order valence-corrected chi connectivity index (χ2v) is 5.64. The van der Waals surface area contributed by atoms with E-state index in [1.54, 1.807) is 7.11 Å². The van der Waals surface area contributed by atoms with Gasteiger partial charge >= 0.3 is 0 Å². The van der Waals surface area contributed by atoms with E-state index in [1.165, 1.54) is 0 Å². The van der Waals surface area contributed by atoms with Gasteiger partial charge in [0.2, 0.25) is 0 Å². The van der Waals surface area contributed by atoms with Gasteiger partial charge in [0.25, 0.3) is 0 Å². The summed E-state index contributed by atoms with van der Waals surface area (Å²) in [4.78, 5) is 0. The third kappa shape index (κ3) is 3.59. The van der Waals surface area contributed by atoms with Crippen molar-refractivity contribution in [1.29, 1.82) is 0 Å². The molecule has 2 aromatic rings. The SMILES string of the molecule is COc1ccc(CNc2c(C)noc2C)cc1OC1CCOC1. The van der Waals surface area contributed by atoms with Crippen molar-refractivity contribution in [2.75, 3.05) is 25.6 Å². The van der Waals surface area contributed by atoms with Crippen LogP contribution in [0.4, 0.5) is 5.69 Å². The maximum Gasteiger partial charge on any atom is 0.162 e. The number of methoxy groups -OCH3 is 1. The number of hydrogen-bond donors (Lipinski definition) is 1. The van der Waals surface area contributed by atoms with Crippen LogP contribution < -0.4 is 14.8 Å². The number of benzene rings is 1. The molecule has 3 rings (SSSR count). The predicted octanol–water partition coefficient (Wildman–Crippen LogP) is 3.08. The van der Waals surface area contributed by atoms with Crippen molar-refractivity contribution in [3.8, 4) is 11.5 Å². The van der Waals surface area contributed by atoms with E-state index in [2.05, 4.69) is 10.5 Å². The van der Waals surface area contributed by atoms with E-state index in [9.17, 15) is 0 Å². The van der Waals surface area contributed by atoms with Gasteiger partial charge in [-0.15, -0.1) is 0 Å². The zero-order valence-electron chi connectivity index (χ0n) is 13.7. The first kappa shape index (κ1) is 15.7. The Bertz CT molecular complexity index is 643. The molecule has 1 aliphatic rings. The van der Waals surface area contributed by atoms with E-state index in [0.717, 1.165) is 47.2 Å². The molecule has 1 aromatic carbocycles. The Balaban J connectivity index is 1.72. The molecule has 0 radical (unpaired) electrons. The Labute approximate surface area is 135 Å². The number of aromatic nitrogens is 1. The summed E-state index contributed by atoms with van der Waals surface area (Å²) in [6.07, 6.45) is 1.000. The summed E-state index contributed by atoms with van der Waals surface area (Å²) < 4.78 is 21.9. The van der Waals surface area contributed by atoms with Crippen molar-refractivity contribution in [3.05, 3.63) is 35.2 Å². The molecule has 23 heavy (non-hydrogen) atoms. The normalized spacial score (nSPS) is 17.3. The quantitative estimate of drug-likeness (QED) is 0.883. The molecule has 1 aromatic heterocycles. The topological polar surface area (TPSA) is 65.8 Å². The van der Waals surface area contributed by atoms with Gasteiger partial charge in [-0.2, -0.15) is 0 Å². The highest BCUT2D eigenvalue weighted by molar-refractivity contribution is 5.51. The molecule has 6 heteroatoms. The van der Waals surface area contributed by atoms with Gasteiger partial charge in [-0.1, -0.05) is 11.2 Å². The summed E-state index contributed by atoms with van der Waals surface area (Å²) in [5.74, 6) is 2.27. The minimum Gasteiger partial charge on any atom is -0.493 e. The average Bonchev–Trinajstić information content (AvgIpc) is 3.16. The molecule has 1 N–H and O–H groups in total. The van der Waals surface area contributed by atoms with Crippen LogP contribution in [0, 0.1) is 13.8 Å². The number of ether oxygens (including phenoxy) is 3. The highest BCUT2D eigenvalue weighted by atomic mass is 16.6. The third-order valence-electron chi connectivity index (χ3n) is 3.91. The van der Waals surface area contributed by atoms with Gasteiger partial charge in [-0.05, 0) is 31.5 Å². The molecule has 1 unspecified atom stereocenters. The molecule has 0 spiro atoms. The van der Waals surface area contributed by atoms with E-state index in [-0.39, 0.29) is 6.10 Å². The summed E-state index contributed by atoms with van der Waals surface area (Å²) >= 11 is 0. The Kier molecular flexibility index (Phi) is 4.71. The Morgan fingerprint density at radius 2 is 2.17 bits per heavy atom. The minimum atomic E-state index is 0.0923. The van der Waals surface area contributed by atoms with E-state index >= 15 is 0 Å². The van der Waals surface area contributed by atoms with Gasteiger partial charge in [0.15, 0.2) is 17.3 Å². The molecule has 6 nitrogen and oxygen atoms in total. The molecule has 1 aliphatic heterocycles. The van der Waals surface area contributed by atoms with Gasteiger partial charge in [-0.25, -0.2) is 0 Å². The van der Waals surface area contributed by atoms with Gasteiger partial charge < -0.3 is 24.1 Å². The maximum atomic E-state index is 6.01. The van der Waals surface area contributed by atoms with Crippen LogP contribution in [0.2, 0.25) is 0 Å². The molecule has 2 heterocycles. The lowest BCUT2D eigenvalue weighted by molar-refractivity contribution is 0.138. The largest absolute Gasteiger partial charge is 0.493 e. The molecule has 124 valence electrons. The molecule has 1 atom stereocenters. The predicted molar refractivity (Wildman–Crippen MR) is 86.1 cm³/mol. The van der Waals surface area contributed by atoms with Crippen LogP contribution in [-0.4, -0.2) is 31.6 Å². The van der Waals surface area contributed by atoms with Crippen LogP contribution in [0.15, 0.2) is 22.7 Å². The number of anilines is 1. The highest BCUT2D eigenvalue weighted by Crippen LogP contribution is 2.31. The lowest BCUT2D eigenvalue weighted by Crippen LogP contribution is -2.16. The monoisotopic (exact) mass is 318 g/mol. The molecular weight excluding hydrogens is 296 g/mol. The third-order valence-corrected chi connectivity index (χ3v) is 3.91. The summed E-state index contributed by atoms with van der Waals surface area (Å²) in [5, 5.41) is 7.30. The van der Waals surface area contributed by atoms with E-state index < -0.39 is 0 Å². The lowest BCUT2D eigenvalue weighted by atomic mass is 10.2. The van der Waals surface area contributed by atoms with Crippen molar-refractivity contribution in [1.82, 2.24) is 5.16 Å². The van der Waals surface area contributed by atoms with E-state index in [4.69, 9.17) is 18.7 Å². The lowest BCUT2D eigenvalue weighted by Gasteiger charge is -2.16. The summed E-state index contributed by atoms with van der Waals surface area (Å²) in [6, 6.07) is 5.94. The molecular formula is C17H22N2O4. The fourth-order valence-electron chi connectivity index (χ4n) is 2.63. The highest BCUT2D eigenvalue weighted by Gasteiger charge is 2.19. The van der Waals surface area contributed by atoms with Crippen LogP contribution in [0.5, 0.6) is 11.5 Å². The fraction of sp³-hybridized carbons (Fsp3) is 0.471. The van der Waals surface area contributed by atoms with E-state index in [1.807, 2.05) is 32.0 Å². The van der Waals surface area contributed by atoms with Crippen molar-refractivity contribution in [3.63, 3.8) is 0 Å². The second kappa shape index (κ2) is 6.91. The van der Waals surface area contributed by atoms with Gasteiger partial charge in [0, 0.05) is 13.0 Å². The van der Waals surface area contributed by atoms with Crippen molar-refractivity contribution < 1.29 is 18.7 Å². The zero-order valence-corrected chi connectivity index (χ0v) is 13.7. The first-order valence-corrected chi connectivity index (χ1v) is 7.75. The molecule has 0 saturated carbocycles. The summed E-state index contributed by atoms with van der Waals surface area (Å²) in [6.45, 7) is 5.85. The van der Waals surface area contributed by atoms with E-state index in [0.29, 0.717) is 13.2 Å². The molecule has 1 saturated heterocycles. The number of hydrogen-bond acceptors (Lipinski definition) is 6. The van der Waals surface area contributed by atoms with Gasteiger partial charge in [-0.3, -0.25) is 0 Å². The van der Waals surface area contributed by atoms with Crippen LogP contribution >= 0.6 is 0 Å². The first-order valence-electron chi connectivity index (χ1n) is 7.75. The van der Waals surface area contributed by atoms with Crippen molar-refractivity contribution in [2.24, 2.45) is 0 Å². The Hall–Kier alpha value is -2.21. The Morgan fingerprint density at radius 1 is 1.30 bits per heavy atom. The van der Waals surface area contributed by atoms with Crippen LogP contribution in [0.25, 0.3) is 0 Å². The van der Waals surface area contributed by atoms with Gasteiger partial charge in [0.05, 0.1) is 20.3 Å².